The number of amides is 2. The van der Waals surface area contributed by atoms with Crippen LogP contribution in [-0.4, -0.2) is 40.8 Å². The second kappa shape index (κ2) is 8.26. The fourth-order valence-corrected chi connectivity index (χ4v) is 2.85. The van der Waals surface area contributed by atoms with Crippen molar-refractivity contribution in [1.82, 2.24) is 9.88 Å². The molecular weight excluding hydrogens is 316 g/mol. The zero-order chi connectivity index (χ0) is 16.8. The molecule has 0 aliphatic carbocycles. The number of nitrogens with one attached hydrogen (secondary N) is 1. The number of hydrogen-bond acceptors (Lipinski definition) is 4. The molecule has 0 saturated carbocycles. The monoisotopic (exact) mass is 338 g/mol. The van der Waals surface area contributed by atoms with Gasteiger partial charge in [0.2, 0.25) is 11.8 Å². The minimum absolute atomic E-state index is 0.0611. The van der Waals surface area contributed by atoms with Crippen LogP contribution in [0.1, 0.15) is 32.6 Å². The fourth-order valence-electron chi connectivity index (χ4n) is 2.74. The zero-order valence-electron chi connectivity index (χ0n) is 13.3. The average molecular weight is 339 g/mol. The fraction of sp³-hybridized carbons (Fsp3) is 0.562. The predicted molar refractivity (Wildman–Crippen MR) is 90.1 cm³/mol. The van der Waals surface area contributed by atoms with Crippen molar-refractivity contribution in [2.45, 2.75) is 38.6 Å². The molecule has 0 bridgehead atoms. The molecule has 3 N–H and O–H groups in total. The van der Waals surface area contributed by atoms with Gasteiger partial charge in [-0.25, -0.2) is 4.98 Å². The number of carbonyl (C=O) groups excluding carboxylic acids is 2. The highest BCUT2D eigenvalue weighted by molar-refractivity contribution is 6.30. The Balaban J connectivity index is 1.93. The molecule has 2 unspecified atom stereocenters. The first-order chi connectivity index (χ1) is 11.0. The van der Waals surface area contributed by atoms with E-state index in [4.69, 9.17) is 17.3 Å². The van der Waals surface area contributed by atoms with Crippen molar-refractivity contribution in [3.63, 3.8) is 0 Å². The molecule has 1 aliphatic rings. The van der Waals surface area contributed by atoms with E-state index in [9.17, 15) is 9.59 Å². The minimum Gasteiger partial charge on any atom is -0.341 e. The van der Waals surface area contributed by atoms with Crippen LogP contribution in [0, 0.1) is 5.92 Å². The zero-order valence-corrected chi connectivity index (χ0v) is 14.1. The standard InChI is InChI=1S/C16H23ClN4O2/c1-2-4-13(18)16(23)21-8-3-5-11(10-21)15(22)20-14-7-6-12(17)9-19-14/h6-7,9,11,13H,2-5,8,10,18H2,1H3,(H,19,20,22). The Morgan fingerprint density at radius 2 is 2.30 bits per heavy atom. The summed E-state index contributed by atoms with van der Waals surface area (Å²) in [5.74, 6) is 0.0416. The van der Waals surface area contributed by atoms with Crippen molar-refractivity contribution >= 4 is 29.2 Å². The Kier molecular flexibility index (Phi) is 6.36. The van der Waals surface area contributed by atoms with E-state index in [-0.39, 0.29) is 17.7 Å². The summed E-state index contributed by atoms with van der Waals surface area (Å²) in [5.41, 5.74) is 5.90. The Morgan fingerprint density at radius 1 is 1.52 bits per heavy atom. The third kappa shape index (κ3) is 4.91. The van der Waals surface area contributed by atoms with Crippen LogP contribution in [0.4, 0.5) is 5.82 Å². The molecule has 2 amide bonds. The summed E-state index contributed by atoms with van der Waals surface area (Å²) in [6, 6.07) is 2.85. The van der Waals surface area contributed by atoms with Crippen LogP contribution in [0.2, 0.25) is 5.02 Å². The van der Waals surface area contributed by atoms with Gasteiger partial charge in [-0.05, 0) is 31.4 Å². The number of aromatic nitrogens is 1. The van der Waals surface area contributed by atoms with Crippen LogP contribution in [-0.2, 0) is 9.59 Å². The lowest BCUT2D eigenvalue weighted by Gasteiger charge is -2.33. The molecule has 126 valence electrons. The van der Waals surface area contributed by atoms with Crippen LogP contribution < -0.4 is 11.1 Å². The number of piperidine rings is 1. The van der Waals surface area contributed by atoms with E-state index in [0.29, 0.717) is 30.4 Å². The highest BCUT2D eigenvalue weighted by Crippen LogP contribution is 2.19. The van der Waals surface area contributed by atoms with Gasteiger partial charge in [0.15, 0.2) is 0 Å². The van der Waals surface area contributed by atoms with Gasteiger partial charge >= 0.3 is 0 Å². The van der Waals surface area contributed by atoms with Gasteiger partial charge in [0.1, 0.15) is 5.82 Å². The summed E-state index contributed by atoms with van der Waals surface area (Å²) < 4.78 is 0. The highest BCUT2D eigenvalue weighted by atomic mass is 35.5. The smallest absolute Gasteiger partial charge is 0.239 e. The Hall–Kier alpha value is -1.66. The van der Waals surface area contributed by atoms with E-state index in [1.54, 1.807) is 17.0 Å². The van der Waals surface area contributed by atoms with Crippen LogP contribution in [0.3, 0.4) is 0 Å². The number of nitrogens with zero attached hydrogens (tertiary/aromatic N) is 2. The lowest BCUT2D eigenvalue weighted by Crippen LogP contribution is -2.49. The van der Waals surface area contributed by atoms with E-state index >= 15 is 0 Å². The summed E-state index contributed by atoms with van der Waals surface area (Å²) in [7, 11) is 0. The quantitative estimate of drug-likeness (QED) is 0.859. The molecule has 1 aromatic heterocycles. The van der Waals surface area contributed by atoms with Gasteiger partial charge in [-0.3, -0.25) is 9.59 Å². The van der Waals surface area contributed by atoms with Crippen molar-refractivity contribution in [2.75, 3.05) is 18.4 Å². The largest absolute Gasteiger partial charge is 0.341 e. The molecular formula is C16H23ClN4O2. The Labute approximate surface area is 141 Å². The number of carbonyl (C=O) groups is 2. The number of nitrogens with two attached hydrogens (primary N) is 1. The summed E-state index contributed by atoms with van der Waals surface area (Å²) in [4.78, 5) is 30.4. The Morgan fingerprint density at radius 3 is 2.96 bits per heavy atom. The normalized spacial score (nSPS) is 19.3. The van der Waals surface area contributed by atoms with Crippen molar-refractivity contribution in [2.24, 2.45) is 11.7 Å². The van der Waals surface area contributed by atoms with Gasteiger partial charge in [0.25, 0.3) is 0 Å². The lowest BCUT2D eigenvalue weighted by molar-refractivity contribution is -0.136. The summed E-state index contributed by atoms with van der Waals surface area (Å²) in [6.45, 7) is 3.08. The third-order valence-corrected chi connectivity index (χ3v) is 4.22. The molecule has 2 heterocycles. The van der Waals surface area contributed by atoms with Crippen molar-refractivity contribution < 1.29 is 9.59 Å². The van der Waals surface area contributed by atoms with Gasteiger partial charge in [-0.1, -0.05) is 24.9 Å². The molecule has 1 fully saturated rings. The first kappa shape index (κ1) is 17.7. The topological polar surface area (TPSA) is 88.3 Å². The van der Waals surface area contributed by atoms with E-state index in [2.05, 4.69) is 10.3 Å². The SMILES string of the molecule is CCCC(N)C(=O)N1CCCC(C(=O)Nc2ccc(Cl)cn2)C1. The van der Waals surface area contributed by atoms with Gasteiger partial charge in [-0.2, -0.15) is 0 Å². The Bertz CT molecular complexity index is 550. The van der Waals surface area contributed by atoms with Gasteiger partial charge < -0.3 is 16.0 Å². The van der Waals surface area contributed by atoms with E-state index in [0.717, 1.165) is 19.3 Å². The molecule has 0 spiro atoms. The number of pyridine rings is 1. The van der Waals surface area contributed by atoms with Crippen molar-refractivity contribution in [3.05, 3.63) is 23.4 Å². The van der Waals surface area contributed by atoms with Gasteiger partial charge in [-0.15, -0.1) is 0 Å². The number of hydrogen-bond donors (Lipinski definition) is 2. The van der Waals surface area contributed by atoms with E-state index in [1.165, 1.54) is 6.20 Å². The highest BCUT2D eigenvalue weighted by Gasteiger charge is 2.30. The summed E-state index contributed by atoms with van der Waals surface area (Å²) in [6.07, 6.45) is 4.58. The van der Waals surface area contributed by atoms with Crippen molar-refractivity contribution in [1.29, 1.82) is 0 Å². The second-order valence-electron chi connectivity index (χ2n) is 5.87. The maximum atomic E-state index is 12.4. The molecule has 2 rings (SSSR count). The average Bonchev–Trinajstić information content (AvgIpc) is 2.56. The molecule has 6 nitrogen and oxygen atoms in total. The summed E-state index contributed by atoms with van der Waals surface area (Å²) in [5, 5.41) is 3.29. The molecule has 2 atom stereocenters. The van der Waals surface area contributed by atoms with E-state index in [1.807, 2.05) is 6.92 Å². The number of likely N-dealkylation sites (tertiary alicyclic amines) is 1. The number of halogens is 1. The van der Waals surface area contributed by atoms with Crippen molar-refractivity contribution in [3.8, 4) is 0 Å². The maximum absolute atomic E-state index is 12.4. The molecule has 7 heteroatoms. The van der Waals surface area contributed by atoms with Crippen LogP contribution in [0.25, 0.3) is 0 Å². The summed E-state index contributed by atoms with van der Waals surface area (Å²) >= 11 is 5.77. The van der Waals surface area contributed by atoms with E-state index < -0.39 is 6.04 Å². The van der Waals surface area contributed by atoms with Crippen LogP contribution in [0.5, 0.6) is 0 Å². The second-order valence-corrected chi connectivity index (χ2v) is 6.31. The first-order valence-electron chi connectivity index (χ1n) is 7.98. The minimum atomic E-state index is -0.472. The van der Waals surface area contributed by atoms with Gasteiger partial charge in [0, 0.05) is 19.3 Å². The molecule has 0 radical (unpaired) electrons. The van der Waals surface area contributed by atoms with Crippen LogP contribution in [0.15, 0.2) is 18.3 Å². The molecule has 1 saturated heterocycles. The molecule has 1 aromatic rings. The first-order valence-corrected chi connectivity index (χ1v) is 8.35. The lowest BCUT2D eigenvalue weighted by atomic mass is 9.96. The van der Waals surface area contributed by atoms with Gasteiger partial charge in [0.05, 0.1) is 17.0 Å². The maximum Gasteiger partial charge on any atom is 0.239 e. The molecule has 0 aromatic carbocycles. The number of rotatable bonds is 5. The predicted octanol–water partition coefficient (Wildman–Crippen LogP) is 2.04. The third-order valence-electron chi connectivity index (χ3n) is 4.00. The van der Waals surface area contributed by atoms with Crippen LogP contribution >= 0.6 is 11.6 Å². The molecule has 23 heavy (non-hydrogen) atoms. The number of anilines is 1. The molecule has 1 aliphatic heterocycles.